The van der Waals surface area contributed by atoms with E-state index < -0.39 is 0 Å². The molecule has 0 radical (unpaired) electrons. The van der Waals surface area contributed by atoms with Crippen molar-refractivity contribution in [1.29, 1.82) is 0 Å². The second-order valence-corrected chi connectivity index (χ2v) is 7.72. The maximum atomic E-state index is 13.5. The summed E-state index contributed by atoms with van der Waals surface area (Å²) in [7, 11) is 0. The first-order valence-electron chi connectivity index (χ1n) is 10.5. The molecular weight excluding hydrogens is 376 g/mol. The average Bonchev–Trinajstić information content (AvgIpc) is 2.79. The number of pyridine rings is 2. The molecule has 1 atom stereocenters. The largest absolute Gasteiger partial charge is 0.352 e. The summed E-state index contributed by atoms with van der Waals surface area (Å²) in [5.41, 5.74) is 3.12. The fourth-order valence-corrected chi connectivity index (χ4v) is 4.00. The summed E-state index contributed by atoms with van der Waals surface area (Å²) in [6, 6.07) is 13.4. The summed E-state index contributed by atoms with van der Waals surface area (Å²) in [6.45, 7) is 3.22. The van der Waals surface area contributed by atoms with E-state index in [2.05, 4.69) is 10.3 Å². The number of rotatable bonds is 5. The van der Waals surface area contributed by atoms with Crippen LogP contribution in [0.25, 0.3) is 22.2 Å². The van der Waals surface area contributed by atoms with Gasteiger partial charge in [0.1, 0.15) is 0 Å². The summed E-state index contributed by atoms with van der Waals surface area (Å²) >= 11 is 0. The van der Waals surface area contributed by atoms with Crippen LogP contribution in [-0.4, -0.2) is 45.8 Å². The van der Waals surface area contributed by atoms with Crippen molar-refractivity contribution in [3.8, 4) is 11.3 Å². The van der Waals surface area contributed by atoms with Crippen LogP contribution < -0.4 is 5.32 Å². The number of carbonyl (C=O) groups excluding carboxylic acids is 2. The average molecular weight is 402 g/mol. The molecule has 0 bridgehead atoms. The van der Waals surface area contributed by atoms with E-state index in [-0.39, 0.29) is 17.9 Å². The molecule has 154 valence electrons. The predicted molar refractivity (Wildman–Crippen MR) is 117 cm³/mol. The van der Waals surface area contributed by atoms with Gasteiger partial charge >= 0.3 is 0 Å². The van der Waals surface area contributed by atoms with Gasteiger partial charge in [-0.05, 0) is 43.5 Å². The van der Waals surface area contributed by atoms with E-state index in [4.69, 9.17) is 4.98 Å². The normalized spacial score (nSPS) is 16.4. The highest BCUT2D eigenvalue weighted by Gasteiger charge is 2.27. The van der Waals surface area contributed by atoms with E-state index in [1.807, 2.05) is 54.3 Å². The molecule has 3 heterocycles. The Hall–Kier alpha value is -3.28. The number of nitrogens with one attached hydrogen (secondary N) is 1. The molecule has 3 aromatic rings. The molecule has 1 fully saturated rings. The number of para-hydroxylation sites is 1. The molecule has 30 heavy (non-hydrogen) atoms. The van der Waals surface area contributed by atoms with Gasteiger partial charge in [0.15, 0.2) is 0 Å². The van der Waals surface area contributed by atoms with Crippen molar-refractivity contribution >= 4 is 22.7 Å². The highest BCUT2D eigenvalue weighted by molar-refractivity contribution is 6.07. The Labute approximate surface area is 176 Å². The molecule has 2 aromatic heterocycles. The monoisotopic (exact) mass is 402 g/mol. The SMILES string of the molecule is CCCC(=O)NC1CCCN(C(=O)c2cc(-c3ccncc3)nc3ccccc23)C1. The number of benzene rings is 1. The highest BCUT2D eigenvalue weighted by Crippen LogP contribution is 2.26. The third-order valence-electron chi connectivity index (χ3n) is 5.47. The van der Waals surface area contributed by atoms with E-state index in [9.17, 15) is 9.59 Å². The zero-order chi connectivity index (χ0) is 20.9. The summed E-state index contributed by atoms with van der Waals surface area (Å²) in [4.78, 5) is 36.2. The minimum absolute atomic E-state index is 0.00881. The van der Waals surface area contributed by atoms with Gasteiger partial charge in [-0.2, -0.15) is 0 Å². The zero-order valence-electron chi connectivity index (χ0n) is 17.2. The van der Waals surface area contributed by atoms with Gasteiger partial charge in [0, 0.05) is 48.9 Å². The minimum atomic E-state index is -0.0154. The standard InChI is InChI=1S/C24H26N4O2/c1-2-6-23(29)26-18-7-5-14-28(16-18)24(30)20-15-22(17-10-12-25-13-11-17)27-21-9-4-3-8-19(20)21/h3-4,8-13,15,18H,2,5-7,14,16H2,1H3,(H,26,29). The first-order chi connectivity index (χ1) is 14.7. The molecule has 1 saturated heterocycles. The van der Waals surface area contributed by atoms with Gasteiger partial charge in [0.2, 0.25) is 5.91 Å². The first-order valence-corrected chi connectivity index (χ1v) is 10.5. The lowest BCUT2D eigenvalue weighted by Gasteiger charge is -2.33. The Bertz CT molecular complexity index is 1050. The van der Waals surface area contributed by atoms with Crippen LogP contribution >= 0.6 is 0 Å². The smallest absolute Gasteiger partial charge is 0.254 e. The fourth-order valence-electron chi connectivity index (χ4n) is 4.00. The molecule has 2 amide bonds. The molecule has 0 spiro atoms. The summed E-state index contributed by atoms with van der Waals surface area (Å²) in [6.07, 6.45) is 6.57. The molecule has 1 N–H and O–H groups in total. The summed E-state index contributed by atoms with van der Waals surface area (Å²) in [5.74, 6) is 0.0458. The van der Waals surface area contributed by atoms with Gasteiger partial charge in [-0.15, -0.1) is 0 Å². The lowest BCUT2D eigenvalue weighted by Crippen LogP contribution is -2.49. The maximum absolute atomic E-state index is 13.5. The van der Waals surface area contributed by atoms with Crippen LogP contribution in [0.3, 0.4) is 0 Å². The minimum Gasteiger partial charge on any atom is -0.352 e. The van der Waals surface area contributed by atoms with E-state index in [1.54, 1.807) is 12.4 Å². The van der Waals surface area contributed by atoms with Crippen molar-refractivity contribution in [2.24, 2.45) is 0 Å². The summed E-state index contributed by atoms with van der Waals surface area (Å²) in [5, 5.41) is 3.92. The van der Waals surface area contributed by atoms with E-state index >= 15 is 0 Å². The van der Waals surface area contributed by atoms with Crippen molar-refractivity contribution in [2.75, 3.05) is 13.1 Å². The number of hydrogen-bond acceptors (Lipinski definition) is 4. The molecule has 1 unspecified atom stereocenters. The predicted octanol–water partition coefficient (Wildman–Crippen LogP) is 3.82. The second-order valence-electron chi connectivity index (χ2n) is 7.72. The van der Waals surface area contributed by atoms with Gasteiger partial charge in [-0.3, -0.25) is 14.6 Å². The van der Waals surface area contributed by atoms with Crippen molar-refractivity contribution in [1.82, 2.24) is 20.2 Å². The van der Waals surface area contributed by atoms with Gasteiger partial charge in [0.05, 0.1) is 16.8 Å². The quantitative estimate of drug-likeness (QED) is 0.704. The van der Waals surface area contributed by atoms with E-state index in [0.717, 1.165) is 41.4 Å². The van der Waals surface area contributed by atoms with Crippen LogP contribution in [0.4, 0.5) is 0 Å². The molecule has 6 nitrogen and oxygen atoms in total. The van der Waals surface area contributed by atoms with Crippen LogP contribution in [-0.2, 0) is 4.79 Å². The number of carbonyl (C=O) groups is 2. The number of hydrogen-bond donors (Lipinski definition) is 1. The Morgan fingerprint density at radius 1 is 1.17 bits per heavy atom. The van der Waals surface area contributed by atoms with Gasteiger partial charge < -0.3 is 10.2 Å². The number of aromatic nitrogens is 2. The summed E-state index contributed by atoms with van der Waals surface area (Å²) < 4.78 is 0. The second kappa shape index (κ2) is 9.03. The van der Waals surface area contributed by atoms with Crippen LogP contribution in [0.2, 0.25) is 0 Å². The van der Waals surface area contributed by atoms with Crippen molar-refractivity contribution in [3.63, 3.8) is 0 Å². The van der Waals surface area contributed by atoms with Crippen LogP contribution in [0.15, 0.2) is 54.9 Å². The number of fused-ring (bicyclic) bond motifs is 1. The van der Waals surface area contributed by atoms with Crippen LogP contribution in [0.1, 0.15) is 43.0 Å². The van der Waals surface area contributed by atoms with Gasteiger partial charge in [-0.1, -0.05) is 25.1 Å². The molecule has 0 aliphatic carbocycles. The Kier molecular flexibility index (Phi) is 6.02. The number of amides is 2. The molecule has 4 rings (SSSR count). The Balaban J connectivity index is 1.64. The topological polar surface area (TPSA) is 75.2 Å². The third kappa shape index (κ3) is 4.32. The van der Waals surface area contributed by atoms with Crippen LogP contribution in [0, 0.1) is 0 Å². The maximum Gasteiger partial charge on any atom is 0.254 e. The van der Waals surface area contributed by atoms with Crippen LogP contribution in [0.5, 0.6) is 0 Å². The number of nitrogens with zero attached hydrogens (tertiary/aromatic N) is 3. The molecule has 6 heteroatoms. The molecule has 1 aromatic carbocycles. The van der Waals surface area contributed by atoms with E-state index in [1.165, 1.54) is 0 Å². The lowest BCUT2D eigenvalue weighted by molar-refractivity contribution is -0.122. The van der Waals surface area contributed by atoms with Gasteiger partial charge in [0.25, 0.3) is 5.91 Å². The number of piperidine rings is 1. The Morgan fingerprint density at radius 2 is 1.97 bits per heavy atom. The number of likely N-dealkylation sites (tertiary alicyclic amines) is 1. The Morgan fingerprint density at radius 3 is 2.77 bits per heavy atom. The molecule has 1 aliphatic rings. The molecule has 1 aliphatic heterocycles. The third-order valence-corrected chi connectivity index (χ3v) is 5.47. The zero-order valence-corrected chi connectivity index (χ0v) is 17.2. The first kappa shape index (κ1) is 20.0. The van der Waals surface area contributed by atoms with Crippen molar-refractivity contribution in [2.45, 2.75) is 38.6 Å². The lowest BCUT2D eigenvalue weighted by atomic mass is 10.0. The molecular formula is C24H26N4O2. The van der Waals surface area contributed by atoms with Crippen molar-refractivity contribution in [3.05, 3.63) is 60.4 Å². The van der Waals surface area contributed by atoms with Crippen molar-refractivity contribution < 1.29 is 9.59 Å². The fraction of sp³-hybridized carbons (Fsp3) is 0.333. The van der Waals surface area contributed by atoms with Gasteiger partial charge in [-0.25, -0.2) is 4.98 Å². The molecule has 0 saturated carbocycles. The highest BCUT2D eigenvalue weighted by atomic mass is 16.2. The van der Waals surface area contributed by atoms with E-state index in [0.29, 0.717) is 25.1 Å².